The fourth-order valence-electron chi connectivity index (χ4n) is 6.86. The smallest absolute Gasteiger partial charge is 1.00 e. The van der Waals surface area contributed by atoms with Crippen LogP contribution in [-0.2, 0) is 24.8 Å². The van der Waals surface area contributed by atoms with Crippen LogP contribution in [0.4, 0.5) is 0 Å². The molecule has 0 aromatic rings. The van der Waals surface area contributed by atoms with E-state index in [0.717, 1.165) is 58.3 Å². The van der Waals surface area contributed by atoms with Crippen molar-refractivity contribution >= 4 is 142 Å². The Bertz CT molecular complexity index is 1200. The molecule has 4 fully saturated rings. The summed E-state index contributed by atoms with van der Waals surface area (Å²) >= 11 is 18.2. The van der Waals surface area contributed by atoms with Gasteiger partial charge in [-0.2, -0.15) is 30.8 Å². The van der Waals surface area contributed by atoms with E-state index in [1.807, 2.05) is 11.9 Å². The van der Waals surface area contributed by atoms with Crippen LogP contribution in [0.5, 0.6) is 0 Å². The van der Waals surface area contributed by atoms with E-state index in [4.69, 9.17) is 62.9 Å². The van der Waals surface area contributed by atoms with Gasteiger partial charge >= 0.3 is 33.5 Å². The minimum atomic E-state index is -4.67. The van der Waals surface area contributed by atoms with Crippen LogP contribution < -0.4 is 39.5 Å². The number of nitrogens with one attached hydrogen (secondary N) is 1. The van der Waals surface area contributed by atoms with Crippen molar-refractivity contribution in [2.75, 3.05) is 16.8 Å². The number of amides is 1. The Morgan fingerprint density at radius 3 is 1.22 bits per heavy atom. The number of carbonyl (C=O) groups excluding carboxylic acids is 2. The molecule has 0 heterocycles. The fraction of sp³-hybridized carbons (Fsp3) is 0.864. The molecule has 14 nitrogen and oxygen atoms in total. The van der Waals surface area contributed by atoms with E-state index >= 15 is 0 Å². The van der Waals surface area contributed by atoms with Crippen molar-refractivity contribution in [3.8, 4) is 0 Å². The van der Waals surface area contributed by atoms with Gasteiger partial charge in [-0.15, -0.1) is 11.6 Å². The maximum atomic E-state index is 11.2. The van der Waals surface area contributed by atoms with Crippen molar-refractivity contribution in [2.45, 2.75) is 224 Å². The molecule has 396 valence electrons. The number of carboxylic acids is 1. The van der Waals surface area contributed by atoms with Gasteiger partial charge in [0, 0.05) is 30.8 Å². The Labute approximate surface area is 479 Å². The second kappa shape index (κ2) is 61.2. The monoisotopic (exact) mass is 1330 g/mol. The van der Waals surface area contributed by atoms with Crippen molar-refractivity contribution in [3.05, 3.63) is 18.8 Å². The fourth-order valence-corrected chi connectivity index (χ4v) is 6.93. The number of carboxylic acid groups (broad SMARTS) is 1. The molecular formula is C44H89BBrCl2I2MgN5O9S2. The van der Waals surface area contributed by atoms with E-state index in [9.17, 15) is 14.7 Å². The van der Waals surface area contributed by atoms with Gasteiger partial charge in [-0.25, -0.2) is 6.57 Å². The molecule has 0 unspecified atom stereocenters. The predicted molar refractivity (Wildman–Crippen MR) is 302 cm³/mol. The first-order valence-corrected chi connectivity index (χ1v) is 28.5. The van der Waals surface area contributed by atoms with E-state index in [1.165, 1.54) is 128 Å². The second-order valence-corrected chi connectivity index (χ2v) is 18.5. The largest absolute Gasteiger partial charge is 2.00 e. The van der Waals surface area contributed by atoms with Crippen LogP contribution in [0.1, 0.15) is 207 Å². The first kappa shape index (κ1) is 87.6. The number of hydrogen-bond acceptors (Lipinski definition) is 8. The Balaban J connectivity index is -0.0000000835. The van der Waals surface area contributed by atoms with Gasteiger partial charge in [0.1, 0.15) is 11.7 Å². The Morgan fingerprint density at radius 1 is 0.746 bits per heavy atom. The molecule has 0 bridgehead atoms. The molecule has 4 saturated carbocycles. The SMILES string of the molecule is CC(=O)O.CC1(N)CCCCCCC1.CC1(NC(=O)CCl)CCCCCCC1.CC1(O)CCCCCCC1.CI.NC(N)=S.O=C1CCCCCCC1.O=S(=O)(O)O.[B]I.[Br-].[C-]#[N+]CCl.[CH3-].[Mg+2]. The summed E-state index contributed by atoms with van der Waals surface area (Å²) in [7, 11) is -4.67. The third-order valence-corrected chi connectivity index (χ3v) is 10.3. The van der Waals surface area contributed by atoms with Gasteiger partial charge in [-0.1, -0.05) is 138 Å². The Morgan fingerprint density at radius 2 is 0.970 bits per heavy atom. The molecule has 4 aliphatic rings. The van der Waals surface area contributed by atoms with Gasteiger partial charge in [0.05, 0.1) is 5.60 Å². The predicted octanol–water partition coefficient (Wildman–Crippen LogP) is 8.43. The zero-order valence-electron chi connectivity index (χ0n) is 41.7. The average molecular weight is 1340 g/mol. The van der Waals surface area contributed by atoms with Gasteiger partial charge in [0.2, 0.25) is 5.91 Å². The molecule has 0 spiro atoms. The maximum absolute atomic E-state index is 11.2. The summed E-state index contributed by atoms with van der Waals surface area (Å²) in [6, 6.07) is 0.0833. The zero-order chi connectivity index (χ0) is 50.9. The summed E-state index contributed by atoms with van der Waals surface area (Å²) in [5.41, 5.74) is 19.6. The van der Waals surface area contributed by atoms with Gasteiger partial charge < -0.3 is 57.1 Å². The minimum Gasteiger partial charge on any atom is -1.00 e. The topological polar surface area (TPSA) is 261 Å². The summed E-state index contributed by atoms with van der Waals surface area (Å²) < 4.78 is 31.6. The minimum absolute atomic E-state index is 0. The van der Waals surface area contributed by atoms with Gasteiger partial charge in [0.25, 0.3) is 12.0 Å². The third-order valence-electron chi connectivity index (χ3n) is 9.92. The van der Waals surface area contributed by atoms with E-state index in [1.54, 1.807) is 22.4 Å². The molecule has 0 aromatic carbocycles. The van der Waals surface area contributed by atoms with E-state index in [2.05, 4.69) is 76.0 Å². The molecule has 4 aliphatic carbocycles. The molecule has 0 aromatic heterocycles. The Kier molecular flexibility index (Phi) is 80.1. The first-order chi connectivity index (χ1) is 29.8. The van der Waals surface area contributed by atoms with Crippen LogP contribution in [0.2, 0.25) is 0 Å². The number of aliphatic hydroxyl groups is 1. The van der Waals surface area contributed by atoms with Crippen LogP contribution in [-0.4, -0.2) is 113 Å². The van der Waals surface area contributed by atoms with Gasteiger partial charge in [-0.05, 0) is 101 Å². The normalized spacial score (nSPS) is 17.8. The van der Waals surface area contributed by atoms with Gasteiger partial charge in [-0.3, -0.25) is 28.3 Å². The van der Waals surface area contributed by atoms with Crippen LogP contribution >= 0.6 is 80.4 Å². The third kappa shape index (κ3) is 93.5. The van der Waals surface area contributed by atoms with E-state index in [-0.39, 0.29) is 87.0 Å². The molecule has 23 heteroatoms. The number of thiocarbonyl (C=S) groups is 1. The average Bonchev–Trinajstić information content (AvgIpc) is 3.17. The van der Waals surface area contributed by atoms with Crippen molar-refractivity contribution in [1.82, 2.24) is 5.32 Å². The zero-order valence-corrected chi connectivity index (χ0v) is 52.2. The number of nitrogens with zero attached hydrogens (tertiary/aromatic N) is 1. The van der Waals surface area contributed by atoms with Crippen molar-refractivity contribution < 1.29 is 59.1 Å². The molecule has 67 heavy (non-hydrogen) atoms. The number of aliphatic carboxylic acids is 1. The molecule has 11 N–H and O–H groups in total. The molecule has 2 radical (unpaired) electrons. The quantitative estimate of drug-likeness (QED) is 0.0246. The van der Waals surface area contributed by atoms with Crippen molar-refractivity contribution in [1.29, 1.82) is 0 Å². The number of hydrogen-bond donors (Lipinski definition) is 8. The van der Waals surface area contributed by atoms with Crippen molar-refractivity contribution in [3.63, 3.8) is 0 Å². The van der Waals surface area contributed by atoms with Crippen LogP contribution in [0.15, 0.2) is 0 Å². The van der Waals surface area contributed by atoms with Crippen LogP contribution in [0.3, 0.4) is 0 Å². The summed E-state index contributed by atoms with van der Waals surface area (Å²) in [6.45, 7) is 13.3. The van der Waals surface area contributed by atoms with Gasteiger partial charge in [0.15, 0.2) is 10.8 Å². The number of Topliss-reactive ketones (excluding diaryl/α,β-unsaturated/α-hetero) is 1. The summed E-state index contributed by atoms with van der Waals surface area (Å²) in [6.07, 6.45) is 34.2. The number of rotatable bonds is 2. The molecular weight excluding hydrogens is 1250 g/mol. The molecule has 1 amide bonds. The number of halogens is 5. The number of ketones is 1. The Hall–Kier alpha value is 0.931. The molecule has 4 rings (SSSR count). The molecule has 0 aliphatic heterocycles. The molecule has 0 saturated heterocycles. The number of alkyl halides is 3. The second-order valence-electron chi connectivity index (χ2n) is 16.7. The molecule has 0 atom stereocenters. The van der Waals surface area contributed by atoms with E-state index < -0.39 is 16.4 Å². The summed E-state index contributed by atoms with van der Waals surface area (Å²) in [4.78, 5) is 35.8. The summed E-state index contributed by atoms with van der Waals surface area (Å²) in [5, 5.41) is 20.1. The standard InChI is InChI=1S/C11H20ClNO.C9H19N.C9H18O.C8H14O.C2H2ClN.C2H4O2.CH3I.CH4N2S.CH3.BI.BrH.Mg.H2O4S/c1-11(13-10(14)9-12)7-5-3-2-4-6-8-11;2*1-9(10)7-5-3-2-4-6-8-9;9-8-6-4-2-1-3-5-7-8;1-4-2-3;1-2(3)4;1-2;2-1(3)4;;1-2;;;1-5(2,3)4/h2-9H2,1H3,(H,13,14);2-8,10H2,1H3;10H,2-8H2,1H3;1-7H2;2H2;1H3,(H,3,4);1H3;(H4,2,3,4);1H3;;1H;;(H2,1,2,3,4)/q;;;;;;;;-1;;;+2;/p-1. The number of nitrogens with two attached hydrogens (primary N) is 3. The summed E-state index contributed by atoms with van der Waals surface area (Å²) in [5.74, 6) is -0.306. The van der Waals surface area contributed by atoms with Crippen molar-refractivity contribution in [2.24, 2.45) is 17.2 Å². The maximum Gasteiger partial charge on any atom is 2.00 e. The van der Waals surface area contributed by atoms with Crippen LogP contribution in [0, 0.1) is 14.0 Å². The number of carbonyl (C=O) groups is 3. The van der Waals surface area contributed by atoms with Crippen LogP contribution in [0.25, 0.3) is 4.85 Å². The van der Waals surface area contributed by atoms with E-state index in [0.29, 0.717) is 5.78 Å². The first-order valence-electron chi connectivity index (χ1n) is 22.2.